The molecule has 2 aromatic rings. The Hall–Kier alpha value is -3.05. The molecule has 10 heteroatoms. The molecule has 1 spiro atoms. The van der Waals surface area contributed by atoms with Gasteiger partial charge in [0.05, 0.1) is 38.6 Å². The number of hydrogen-bond donors (Lipinski definition) is 1. The number of carbonyl (C=O) groups is 1. The number of nitrogens with zero attached hydrogens (tertiary/aromatic N) is 2. The summed E-state index contributed by atoms with van der Waals surface area (Å²) in [4.78, 5) is 15.7. The van der Waals surface area contributed by atoms with Gasteiger partial charge in [-0.3, -0.25) is 0 Å². The summed E-state index contributed by atoms with van der Waals surface area (Å²) in [5.74, 6) is 1.69. The van der Waals surface area contributed by atoms with Crippen molar-refractivity contribution in [2.75, 3.05) is 78.3 Å². The fourth-order valence-corrected chi connectivity index (χ4v) is 6.07. The zero-order valence-corrected chi connectivity index (χ0v) is 24.1. The Bertz CT molecular complexity index is 1180. The van der Waals surface area contributed by atoms with Crippen molar-refractivity contribution >= 4 is 11.8 Å². The normalized spacial score (nSPS) is 21.8. The minimum atomic E-state index is -0.943. The Kier molecular flexibility index (Phi) is 9.87. The number of fused-ring (bicyclic) bond motifs is 3. The highest BCUT2D eigenvalue weighted by Crippen LogP contribution is 2.44. The van der Waals surface area contributed by atoms with E-state index in [2.05, 4.69) is 23.1 Å². The largest absolute Gasteiger partial charge is 0.493 e. The van der Waals surface area contributed by atoms with Gasteiger partial charge in [-0.1, -0.05) is 12.1 Å². The Morgan fingerprint density at radius 3 is 2.73 bits per heavy atom. The molecule has 224 valence electrons. The number of ether oxygens (including phenoxy) is 6. The first-order valence-electron chi connectivity index (χ1n) is 14.5. The van der Waals surface area contributed by atoms with Crippen LogP contribution >= 0.6 is 0 Å². The lowest BCUT2D eigenvalue weighted by Gasteiger charge is -2.49. The molecule has 1 N–H and O–H groups in total. The van der Waals surface area contributed by atoms with Crippen molar-refractivity contribution in [3.8, 4) is 11.5 Å². The quantitative estimate of drug-likeness (QED) is 0.379. The highest BCUT2D eigenvalue weighted by atomic mass is 16.6. The van der Waals surface area contributed by atoms with E-state index < -0.39 is 17.8 Å². The van der Waals surface area contributed by atoms with Gasteiger partial charge in [0.2, 0.25) is 0 Å². The topological polar surface area (TPSA) is 99.2 Å². The number of piperidine rings is 1. The summed E-state index contributed by atoms with van der Waals surface area (Å²) in [6.07, 6.45) is 1.64. The van der Waals surface area contributed by atoms with Gasteiger partial charge in [-0.25, -0.2) is 4.79 Å². The van der Waals surface area contributed by atoms with Gasteiger partial charge in [0.25, 0.3) is 0 Å². The van der Waals surface area contributed by atoms with Gasteiger partial charge >= 0.3 is 6.09 Å². The second kappa shape index (κ2) is 13.7. The van der Waals surface area contributed by atoms with E-state index in [1.54, 1.807) is 14.2 Å². The van der Waals surface area contributed by atoms with E-state index >= 15 is 0 Å². The van der Waals surface area contributed by atoms with Gasteiger partial charge in [-0.2, -0.15) is 0 Å². The van der Waals surface area contributed by atoms with Gasteiger partial charge in [0.1, 0.15) is 29.8 Å². The summed E-state index contributed by atoms with van der Waals surface area (Å²) in [7, 11) is 3.41. The number of hydrogen-bond acceptors (Lipinski definition) is 8. The van der Waals surface area contributed by atoms with Gasteiger partial charge in [-0.05, 0) is 53.8 Å². The Morgan fingerprint density at radius 2 is 1.90 bits per heavy atom. The van der Waals surface area contributed by atoms with Gasteiger partial charge in [0, 0.05) is 53.4 Å². The Morgan fingerprint density at radius 1 is 1.05 bits per heavy atom. The number of rotatable bonds is 12. The number of anilines is 1. The molecule has 2 aromatic carbocycles. The summed E-state index contributed by atoms with van der Waals surface area (Å²) in [6, 6.07) is 12.3. The SMILES string of the molecule is COCCCOc1ccc2c(c1)CCO[C@@]21CCN(C(=O)O)C[C@@H]1OCc1ccc2c(c1)N(CCCOC)CCO2. The minimum absolute atomic E-state index is 0.237. The van der Waals surface area contributed by atoms with Crippen LogP contribution in [0.5, 0.6) is 11.5 Å². The van der Waals surface area contributed by atoms with Crippen LogP contribution < -0.4 is 14.4 Å². The van der Waals surface area contributed by atoms with Crippen molar-refractivity contribution in [3.05, 3.63) is 53.1 Å². The molecule has 0 saturated carbocycles. The molecule has 1 amide bonds. The third-order valence-corrected chi connectivity index (χ3v) is 8.17. The van der Waals surface area contributed by atoms with E-state index in [-0.39, 0.29) is 6.54 Å². The van der Waals surface area contributed by atoms with Crippen molar-refractivity contribution in [1.82, 2.24) is 4.90 Å². The number of likely N-dealkylation sites (tertiary alicyclic amines) is 1. The molecule has 1 fully saturated rings. The third kappa shape index (κ3) is 6.72. The average Bonchev–Trinajstić information content (AvgIpc) is 2.99. The fourth-order valence-electron chi connectivity index (χ4n) is 6.07. The highest BCUT2D eigenvalue weighted by molar-refractivity contribution is 5.65. The number of methoxy groups -OCH3 is 2. The molecule has 3 aliphatic rings. The van der Waals surface area contributed by atoms with Crippen LogP contribution in [0.2, 0.25) is 0 Å². The lowest BCUT2D eigenvalue weighted by Crippen LogP contribution is -2.58. The maximum absolute atomic E-state index is 12.0. The summed E-state index contributed by atoms with van der Waals surface area (Å²) in [6.45, 7) is 5.81. The molecule has 0 bridgehead atoms. The standard InChI is InChI=1S/C31H42N2O8/c1-36-14-3-11-32-13-18-39-28-8-5-23(19-27(28)32)22-40-29-21-33(30(34)35)12-10-31(29)26-7-6-25(38-16-4-15-37-2)20-24(26)9-17-41-31/h5-8,19-20,29H,3-4,9-18,21-22H2,1-2H3,(H,34,35)/t29-,31-/m0/s1. The van der Waals surface area contributed by atoms with E-state index in [4.69, 9.17) is 28.4 Å². The summed E-state index contributed by atoms with van der Waals surface area (Å²) < 4.78 is 35.3. The minimum Gasteiger partial charge on any atom is -0.493 e. The van der Waals surface area contributed by atoms with E-state index in [1.165, 1.54) is 4.90 Å². The monoisotopic (exact) mass is 570 g/mol. The predicted octanol–water partition coefficient (Wildman–Crippen LogP) is 4.07. The van der Waals surface area contributed by atoms with Crippen LogP contribution in [0.15, 0.2) is 36.4 Å². The van der Waals surface area contributed by atoms with Crippen LogP contribution in [0.1, 0.15) is 36.0 Å². The molecule has 3 aliphatic heterocycles. The second-order valence-electron chi connectivity index (χ2n) is 10.8. The second-order valence-corrected chi connectivity index (χ2v) is 10.8. The molecule has 5 rings (SSSR count). The first kappa shape index (κ1) is 29.4. The molecule has 10 nitrogen and oxygen atoms in total. The summed E-state index contributed by atoms with van der Waals surface area (Å²) in [5.41, 5.74) is 3.56. The first-order chi connectivity index (χ1) is 20.0. The van der Waals surface area contributed by atoms with Gasteiger partial charge in [-0.15, -0.1) is 0 Å². The lowest BCUT2D eigenvalue weighted by atomic mass is 9.77. The van der Waals surface area contributed by atoms with E-state index in [9.17, 15) is 9.90 Å². The lowest BCUT2D eigenvalue weighted by molar-refractivity contribution is -0.189. The molecule has 41 heavy (non-hydrogen) atoms. The van der Waals surface area contributed by atoms with Crippen LogP contribution in [0.25, 0.3) is 0 Å². The summed E-state index contributed by atoms with van der Waals surface area (Å²) in [5, 5.41) is 9.81. The number of benzene rings is 2. The average molecular weight is 571 g/mol. The zero-order valence-electron chi connectivity index (χ0n) is 24.1. The van der Waals surface area contributed by atoms with Crippen LogP contribution in [0, 0.1) is 0 Å². The molecular weight excluding hydrogens is 528 g/mol. The van der Waals surface area contributed by atoms with Crippen molar-refractivity contribution in [2.24, 2.45) is 0 Å². The van der Waals surface area contributed by atoms with Crippen LogP contribution in [0.4, 0.5) is 10.5 Å². The van der Waals surface area contributed by atoms with Gasteiger partial charge in [0.15, 0.2) is 0 Å². The van der Waals surface area contributed by atoms with Crippen molar-refractivity contribution < 1.29 is 38.3 Å². The Labute approximate surface area is 242 Å². The van der Waals surface area contributed by atoms with Crippen LogP contribution in [-0.2, 0) is 37.6 Å². The summed E-state index contributed by atoms with van der Waals surface area (Å²) >= 11 is 0. The molecular formula is C31H42N2O8. The smallest absolute Gasteiger partial charge is 0.407 e. The Balaban J connectivity index is 1.35. The van der Waals surface area contributed by atoms with Gasteiger partial charge < -0.3 is 43.3 Å². The maximum atomic E-state index is 12.0. The molecule has 0 aliphatic carbocycles. The number of carboxylic acid groups (broad SMARTS) is 1. The molecule has 0 aromatic heterocycles. The molecule has 3 heterocycles. The van der Waals surface area contributed by atoms with Crippen LogP contribution in [0.3, 0.4) is 0 Å². The van der Waals surface area contributed by atoms with E-state index in [0.29, 0.717) is 52.6 Å². The molecule has 1 saturated heterocycles. The fraction of sp³-hybridized carbons (Fsp3) is 0.581. The third-order valence-electron chi connectivity index (χ3n) is 8.17. The van der Waals surface area contributed by atoms with Crippen molar-refractivity contribution in [3.63, 3.8) is 0 Å². The van der Waals surface area contributed by atoms with E-state index in [0.717, 1.165) is 66.2 Å². The van der Waals surface area contributed by atoms with Crippen LogP contribution in [-0.4, -0.2) is 95.6 Å². The maximum Gasteiger partial charge on any atom is 0.407 e. The first-order valence-corrected chi connectivity index (χ1v) is 14.5. The van der Waals surface area contributed by atoms with Crippen molar-refractivity contribution in [1.29, 1.82) is 0 Å². The molecule has 2 atom stereocenters. The highest BCUT2D eigenvalue weighted by Gasteiger charge is 2.50. The predicted molar refractivity (Wildman–Crippen MR) is 153 cm³/mol. The van der Waals surface area contributed by atoms with E-state index in [1.807, 2.05) is 18.2 Å². The molecule has 0 radical (unpaired) electrons. The zero-order chi connectivity index (χ0) is 28.7. The number of amides is 1. The van der Waals surface area contributed by atoms with Crippen molar-refractivity contribution in [2.45, 2.75) is 44.0 Å². The molecule has 0 unspecified atom stereocenters.